The monoisotopic (exact) mass is 315 g/mol. The van der Waals surface area contributed by atoms with E-state index in [0.717, 1.165) is 12.1 Å². The van der Waals surface area contributed by atoms with Gasteiger partial charge in [0.2, 0.25) is 0 Å². The largest absolute Gasteiger partial charge is 0.465 e. The highest BCUT2D eigenvalue weighted by Gasteiger charge is 2.14. The van der Waals surface area contributed by atoms with Crippen LogP contribution in [0, 0.1) is 11.6 Å². The van der Waals surface area contributed by atoms with Crippen molar-refractivity contribution >= 4 is 5.97 Å². The van der Waals surface area contributed by atoms with Gasteiger partial charge in [-0.3, -0.25) is 0 Å². The van der Waals surface area contributed by atoms with Gasteiger partial charge >= 0.3 is 5.97 Å². The third-order valence-corrected chi connectivity index (χ3v) is 3.29. The van der Waals surface area contributed by atoms with Gasteiger partial charge in [0.15, 0.2) is 5.76 Å². The summed E-state index contributed by atoms with van der Waals surface area (Å²) >= 11 is 0. The molecule has 0 radical (unpaired) electrons. The second kappa shape index (κ2) is 6.00. The van der Waals surface area contributed by atoms with Gasteiger partial charge in [-0.25, -0.2) is 13.6 Å². The molecule has 0 atom stereocenters. The Morgan fingerprint density at radius 1 is 1.13 bits per heavy atom. The standard InChI is InChI=1S/C17H11F2NO3/c1-22-17(21)11-4-2-3-10(7-11)15-9-16(23-20-15)13-6-5-12(18)8-14(13)19/h2-9H,1H3. The van der Waals surface area contributed by atoms with Gasteiger partial charge in [-0.05, 0) is 24.3 Å². The maximum absolute atomic E-state index is 13.8. The summed E-state index contributed by atoms with van der Waals surface area (Å²) in [7, 11) is 1.29. The van der Waals surface area contributed by atoms with Crippen molar-refractivity contribution < 1.29 is 22.8 Å². The molecule has 23 heavy (non-hydrogen) atoms. The van der Waals surface area contributed by atoms with Gasteiger partial charge in [0.05, 0.1) is 18.2 Å². The second-order valence-corrected chi connectivity index (χ2v) is 4.77. The maximum Gasteiger partial charge on any atom is 0.337 e. The Hall–Kier alpha value is -3.02. The summed E-state index contributed by atoms with van der Waals surface area (Å²) < 4.78 is 36.5. The molecule has 0 N–H and O–H groups in total. The third kappa shape index (κ3) is 2.96. The molecule has 0 aliphatic heterocycles. The molecule has 1 aromatic heterocycles. The van der Waals surface area contributed by atoms with Crippen LogP contribution in [0.3, 0.4) is 0 Å². The smallest absolute Gasteiger partial charge is 0.337 e. The summed E-state index contributed by atoms with van der Waals surface area (Å²) in [6.07, 6.45) is 0. The minimum absolute atomic E-state index is 0.106. The molecule has 0 aliphatic rings. The molecule has 0 bridgehead atoms. The van der Waals surface area contributed by atoms with Crippen LogP contribution in [0.5, 0.6) is 0 Å². The first kappa shape index (κ1) is 14.9. The summed E-state index contributed by atoms with van der Waals surface area (Å²) in [5.41, 5.74) is 1.51. The Labute approximate surface area is 130 Å². The third-order valence-electron chi connectivity index (χ3n) is 3.29. The quantitative estimate of drug-likeness (QED) is 0.684. The number of carbonyl (C=O) groups excluding carboxylic acids is 1. The van der Waals surface area contributed by atoms with E-state index in [2.05, 4.69) is 9.89 Å². The average Bonchev–Trinajstić information content (AvgIpc) is 3.04. The number of carbonyl (C=O) groups is 1. The molecule has 0 unspecified atom stereocenters. The van der Waals surface area contributed by atoms with Crippen LogP contribution in [0.4, 0.5) is 8.78 Å². The number of esters is 1. The predicted octanol–water partition coefficient (Wildman–Crippen LogP) is 4.07. The molecule has 0 saturated heterocycles. The Morgan fingerprint density at radius 2 is 1.96 bits per heavy atom. The fourth-order valence-electron chi connectivity index (χ4n) is 2.15. The van der Waals surface area contributed by atoms with Crippen molar-refractivity contribution in [1.29, 1.82) is 0 Å². The first-order valence-corrected chi connectivity index (χ1v) is 6.69. The van der Waals surface area contributed by atoms with Crippen LogP contribution in [0.2, 0.25) is 0 Å². The second-order valence-electron chi connectivity index (χ2n) is 4.77. The van der Waals surface area contributed by atoms with Gasteiger partial charge in [-0.2, -0.15) is 0 Å². The number of halogens is 2. The molecule has 0 fully saturated rings. The highest BCUT2D eigenvalue weighted by atomic mass is 19.1. The van der Waals surface area contributed by atoms with Crippen LogP contribution in [-0.4, -0.2) is 18.2 Å². The van der Waals surface area contributed by atoms with E-state index < -0.39 is 17.6 Å². The van der Waals surface area contributed by atoms with Crippen molar-refractivity contribution in [3.05, 3.63) is 65.7 Å². The van der Waals surface area contributed by atoms with E-state index >= 15 is 0 Å². The van der Waals surface area contributed by atoms with Gasteiger partial charge in [0, 0.05) is 17.7 Å². The van der Waals surface area contributed by atoms with E-state index in [-0.39, 0.29) is 11.3 Å². The number of rotatable bonds is 3. The number of methoxy groups -OCH3 is 1. The summed E-state index contributed by atoms with van der Waals surface area (Å²) in [4.78, 5) is 11.5. The van der Waals surface area contributed by atoms with Crippen molar-refractivity contribution in [2.45, 2.75) is 0 Å². The number of benzene rings is 2. The molecule has 3 aromatic rings. The zero-order valence-electron chi connectivity index (χ0n) is 12.0. The average molecular weight is 315 g/mol. The van der Waals surface area contributed by atoms with E-state index in [1.165, 1.54) is 19.2 Å². The van der Waals surface area contributed by atoms with Crippen molar-refractivity contribution in [2.75, 3.05) is 7.11 Å². The lowest BCUT2D eigenvalue weighted by atomic mass is 10.1. The number of hydrogen-bond donors (Lipinski definition) is 0. The molecule has 1 heterocycles. The summed E-state index contributed by atoms with van der Waals surface area (Å²) in [6.45, 7) is 0. The summed E-state index contributed by atoms with van der Waals surface area (Å²) in [5, 5.41) is 3.87. The molecule has 2 aromatic carbocycles. The van der Waals surface area contributed by atoms with Gasteiger partial charge in [0.1, 0.15) is 17.3 Å². The fraction of sp³-hybridized carbons (Fsp3) is 0.0588. The van der Waals surface area contributed by atoms with E-state index in [1.54, 1.807) is 24.3 Å². The summed E-state index contributed by atoms with van der Waals surface area (Å²) in [5.74, 6) is -1.71. The zero-order valence-corrected chi connectivity index (χ0v) is 12.0. The van der Waals surface area contributed by atoms with E-state index in [0.29, 0.717) is 16.8 Å². The number of aromatic nitrogens is 1. The normalized spacial score (nSPS) is 10.6. The summed E-state index contributed by atoms with van der Waals surface area (Å²) in [6, 6.07) is 11.3. The van der Waals surface area contributed by atoms with Crippen LogP contribution in [-0.2, 0) is 4.74 Å². The Kier molecular flexibility index (Phi) is 3.89. The van der Waals surface area contributed by atoms with E-state index in [9.17, 15) is 13.6 Å². The molecule has 6 heteroatoms. The van der Waals surface area contributed by atoms with Crippen molar-refractivity contribution in [3.8, 4) is 22.6 Å². The van der Waals surface area contributed by atoms with Gasteiger partial charge in [0.25, 0.3) is 0 Å². The minimum Gasteiger partial charge on any atom is -0.465 e. The molecule has 0 spiro atoms. The lowest BCUT2D eigenvalue weighted by Gasteiger charge is -2.00. The predicted molar refractivity (Wildman–Crippen MR) is 78.6 cm³/mol. The van der Waals surface area contributed by atoms with Gasteiger partial charge in [-0.15, -0.1) is 0 Å². The molecule has 0 aliphatic carbocycles. The molecule has 116 valence electrons. The number of hydrogen-bond acceptors (Lipinski definition) is 4. The molecule has 3 rings (SSSR count). The lowest BCUT2D eigenvalue weighted by Crippen LogP contribution is -2.00. The maximum atomic E-state index is 13.8. The topological polar surface area (TPSA) is 52.3 Å². The molecule has 0 amide bonds. The zero-order chi connectivity index (χ0) is 16.4. The molecule has 4 nitrogen and oxygen atoms in total. The van der Waals surface area contributed by atoms with Crippen LogP contribution in [0.25, 0.3) is 22.6 Å². The van der Waals surface area contributed by atoms with Crippen molar-refractivity contribution in [2.24, 2.45) is 0 Å². The van der Waals surface area contributed by atoms with Crippen LogP contribution >= 0.6 is 0 Å². The SMILES string of the molecule is COC(=O)c1cccc(-c2cc(-c3ccc(F)cc3F)on2)c1. The highest BCUT2D eigenvalue weighted by molar-refractivity contribution is 5.90. The minimum atomic E-state index is -0.740. The number of nitrogens with zero attached hydrogens (tertiary/aromatic N) is 1. The van der Waals surface area contributed by atoms with Crippen LogP contribution < -0.4 is 0 Å². The highest BCUT2D eigenvalue weighted by Crippen LogP contribution is 2.28. The fourth-order valence-corrected chi connectivity index (χ4v) is 2.15. The Morgan fingerprint density at radius 3 is 2.70 bits per heavy atom. The van der Waals surface area contributed by atoms with E-state index in [1.807, 2.05) is 0 Å². The van der Waals surface area contributed by atoms with Gasteiger partial charge < -0.3 is 9.26 Å². The first-order chi connectivity index (χ1) is 11.1. The van der Waals surface area contributed by atoms with E-state index in [4.69, 9.17) is 4.52 Å². The molecular formula is C17H11F2NO3. The van der Waals surface area contributed by atoms with Crippen molar-refractivity contribution in [3.63, 3.8) is 0 Å². The number of ether oxygens (including phenoxy) is 1. The lowest BCUT2D eigenvalue weighted by molar-refractivity contribution is 0.0601. The van der Waals surface area contributed by atoms with Gasteiger partial charge in [-0.1, -0.05) is 17.3 Å². The Bertz CT molecular complexity index is 874. The first-order valence-electron chi connectivity index (χ1n) is 6.69. The van der Waals surface area contributed by atoms with Crippen LogP contribution in [0.15, 0.2) is 53.1 Å². The Balaban J connectivity index is 1.97. The van der Waals surface area contributed by atoms with Crippen LogP contribution in [0.1, 0.15) is 10.4 Å². The molecular weight excluding hydrogens is 304 g/mol. The molecule has 0 saturated carbocycles. The van der Waals surface area contributed by atoms with Crippen molar-refractivity contribution in [1.82, 2.24) is 5.16 Å².